The van der Waals surface area contributed by atoms with Crippen LogP contribution in [0.4, 0.5) is 19.0 Å². The van der Waals surface area contributed by atoms with Gasteiger partial charge in [0.25, 0.3) is 0 Å². The molecule has 100 valence electrons. The Bertz CT molecular complexity index is 437. The molecule has 7 heteroatoms. The first-order valence-corrected chi connectivity index (χ1v) is 7.20. The van der Waals surface area contributed by atoms with E-state index in [0.717, 1.165) is 18.9 Å². The lowest BCUT2D eigenvalue weighted by Crippen LogP contribution is -2.37. The summed E-state index contributed by atoms with van der Waals surface area (Å²) >= 11 is 6.49. The molecule has 1 unspecified atom stereocenters. The lowest BCUT2D eigenvalue weighted by molar-refractivity contribution is -0.137. The van der Waals surface area contributed by atoms with Gasteiger partial charge in [-0.15, -0.1) is 0 Å². The lowest BCUT2D eigenvalue weighted by Gasteiger charge is -2.32. The molecule has 0 aliphatic carbocycles. The first-order valence-electron chi connectivity index (χ1n) is 5.49. The van der Waals surface area contributed by atoms with E-state index < -0.39 is 11.7 Å². The molecule has 0 N–H and O–H groups in total. The molecule has 1 aromatic rings. The summed E-state index contributed by atoms with van der Waals surface area (Å²) in [6, 6.07) is 1.08. The smallest absolute Gasteiger partial charge is 0.355 e. The minimum absolute atomic E-state index is 0.0230. The van der Waals surface area contributed by atoms with E-state index in [1.807, 2.05) is 0 Å². The summed E-state index contributed by atoms with van der Waals surface area (Å²) in [7, 11) is 0. The van der Waals surface area contributed by atoms with E-state index in [9.17, 15) is 13.2 Å². The molecule has 0 saturated carbocycles. The molecule has 1 saturated heterocycles. The summed E-state index contributed by atoms with van der Waals surface area (Å²) < 4.78 is 39.3. The van der Waals surface area contributed by atoms with Crippen LogP contribution in [0.15, 0.2) is 16.7 Å². The van der Waals surface area contributed by atoms with Gasteiger partial charge < -0.3 is 4.90 Å². The average molecular weight is 388 g/mol. The zero-order valence-corrected chi connectivity index (χ0v) is 12.5. The van der Waals surface area contributed by atoms with Gasteiger partial charge in [-0.3, -0.25) is 0 Å². The molecule has 2 heterocycles. The normalized spacial score (nSPS) is 21.2. The molecule has 0 bridgehead atoms. The molecular formula is C11H11Br2F3N2. The van der Waals surface area contributed by atoms with Gasteiger partial charge in [0.05, 0.1) is 5.56 Å². The van der Waals surface area contributed by atoms with Crippen molar-refractivity contribution in [1.29, 1.82) is 0 Å². The fourth-order valence-corrected chi connectivity index (χ4v) is 3.01. The second-order valence-corrected chi connectivity index (χ2v) is 6.42. The van der Waals surface area contributed by atoms with Crippen molar-refractivity contribution in [1.82, 2.24) is 4.98 Å². The molecule has 2 rings (SSSR count). The number of aromatic nitrogens is 1. The number of anilines is 1. The topological polar surface area (TPSA) is 16.1 Å². The largest absolute Gasteiger partial charge is 0.419 e. The number of piperidine rings is 1. The second-order valence-electron chi connectivity index (χ2n) is 4.21. The third kappa shape index (κ3) is 3.17. The summed E-state index contributed by atoms with van der Waals surface area (Å²) in [5, 5.41) is 0. The third-order valence-electron chi connectivity index (χ3n) is 2.80. The lowest BCUT2D eigenvalue weighted by atomic mass is 10.1. The number of rotatable bonds is 1. The van der Waals surface area contributed by atoms with Crippen LogP contribution in [0.3, 0.4) is 0 Å². The predicted molar refractivity (Wildman–Crippen MR) is 71.1 cm³/mol. The first kappa shape index (κ1) is 14.1. The maximum atomic E-state index is 13.0. The zero-order chi connectivity index (χ0) is 13.3. The summed E-state index contributed by atoms with van der Waals surface area (Å²) in [6.45, 7) is 1.16. The summed E-state index contributed by atoms with van der Waals surface area (Å²) in [4.78, 5) is 5.85. The van der Waals surface area contributed by atoms with Crippen molar-refractivity contribution in [2.45, 2.75) is 23.8 Å². The summed E-state index contributed by atoms with van der Waals surface area (Å²) in [5.74, 6) is 0.0230. The molecule has 1 aliphatic rings. The highest BCUT2D eigenvalue weighted by atomic mass is 79.9. The maximum Gasteiger partial charge on any atom is 0.419 e. The quantitative estimate of drug-likeness (QED) is 0.670. The highest BCUT2D eigenvalue weighted by Gasteiger charge is 2.36. The van der Waals surface area contributed by atoms with Crippen molar-refractivity contribution >= 4 is 37.7 Å². The SMILES string of the molecule is FC(F)(F)c1cc(Br)cnc1N1CCCC(Br)C1. The zero-order valence-electron chi connectivity index (χ0n) is 9.34. The van der Waals surface area contributed by atoms with E-state index in [1.54, 1.807) is 4.90 Å². The fraction of sp³-hybridized carbons (Fsp3) is 0.545. The molecule has 1 aliphatic heterocycles. The number of hydrogen-bond donors (Lipinski definition) is 0. The Labute approximate surface area is 120 Å². The average Bonchev–Trinajstić information content (AvgIpc) is 2.27. The van der Waals surface area contributed by atoms with Crippen molar-refractivity contribution in [3.63, 3.8) is 0 Å². The van der Waals surface area contributed by atoms with E-state index in [1.165, 1.54) is 6.20 Å². The van der Waals surface area contributed by atoms with Crippen LogP contribution in [0.25, 0.3) is 0 Å². The molecule has 0 aromatic carbocycles. The van der Waals surface area contributed by atoms with Gasteiger partial charge in [-0.05, 0) is 34.8 Å². The first-order chi connectivity index (χ1) is 8.38. The van der Waals surface area contributed by atoms with Gasteiger partial charge in [-0.25, -0.2) is 4.98 Å². The molecule has 0 amide bonds. The van der Waals surface area contributed by atoms with Crippen LogP contribution in [-0.2, 0) is 6.18 Å². The Hall–Kier alpha value is -0.300. The van der Waals surface area contributed by atoms with E-state index in [4.69, 9.17) is 0 Å². The van der Waals surface area contributed by atoms with E-state index in [-0.39, 0.29) is 10.6 Å². The van der Waals surface area contributed by atoms with Crippen molar-refractivity contribution in [2.24, 2.45) is 0 Å². The standard InChI is InChI=1S/C11H11Br2F3N2/c12-7-2-1-3-18(6-7)10-9(11(14,15)16)4-8(13)5-17-10/h4-5,7H,1-3,6H2. The summed E-state index contributed by atoms with van der Waals surface area (Å²) in [5.41, 5.74) is -0.682. The van der Waals surface area contributed by atoms with Crippen LogP contribution in [0.5, 0.6) is 0 Å². The fourth-order valence-electron chi connectivity index (χ4n) is 2.01. The van der Waals surface area contributed by atoms with Crippen LogP contribution in [0.1, 0.15) is 18.4 Å². The second kappa shape index (κ2) is 5.36. The van der Waals surface area contributed by atoms with Gasteiger partial charge in [-0.2, -0.15) is 13.2 Å². The van der Waals surface area contributed by atoms with Crippen LogP contribution in [0.2, 0.25) is 0 Å². The van der Waals surface area contributed by atoms with Gasteiger partial charge in [0, 0.05) is 28.6 Å². The maximum absolute atomic E-state index is 13.0. The van der Waals surface area contributed by atoms with Crippen molar-refractivity contribution in [2.75, 3.05) is 18.0 Å². The highest BCUT2D eigenvalue weighted by Crippen LogP contribution is 2.37. The van der Waals surface area contributed by atoms with Crippen LogP contribution >= 0.6 is 31.9 Å². The number of alkyl halides is 4. The Morgan fingerprint density at radius 1 is 1.39 bits per heavy atom. The number of nitrogens with zero attached hydrogens (tertiary/aromatic N) is 2. The Kier molecular flexibility index (Phi) is 4.21. The van der Waals surface area contributed by atoms with Gasteiger partial charge in [0.1, 0.15) is 5.82 Å². The minimum Gasteiger partial charge on any atom is -0.355 e. The van der Waals surface area contributed by atoms with Crippen molar-refractivity contribution in [3.8, 4) is 0 Å². The minimum atomic E-state index is -4.38. The van der Waals surface area contributed by atoms with Gasteiger partial charge in [-0.1, -0.05) is 15.9 Å². The Morgan fingerprint density at radius 3 is 2.72 bits per heavy atom. The van der Waals surface area contributed by atoms with Gasteiger partial charge >= 0.3 is 6.18 Å². The molecule has 18 heavy (non-hydrogen) atoms. The number of hydrogen-bond acceptors (Lipinski definition) is 2. The van der Waals surface area contributed by atoms with Crippen LogP contribution < -0.4 is 4.90 Å². The number of pyridine rings is 1. The number of halogens is 5. The van der Waals surface area contributed by atoms with Crippen molar-refractivity contribution in [3.05, 3.63) is 22.3 Å². The van der Waals surface area contributed by atoms with E-state index in [0.29, 0.717) is 17.6 Å². The Morgan fingerprint density at radius 2 is 2.11 bits per heavy atom. The highest BCUT2D eigenvalue weighted by molar-refractivity contribution is 9.10. The molecule has 1 aromatic heterocycles. The molecule has 0 radical (unpaired) electrons. The molecule has 0 spiro atoms. The Balaban J connectivity index is 2.37. The van der Waals surface area contributed by atoms with Gasteiger partial charge in [0.2, 0.25) is 0 Å². The van der Waals surface area contributed by atoms with E-state index >= 15 is 0 Å². The molecule has 1 atom stereocenters. The molecule has 2 nitrogen and oxygen atoms in total. The third-order valence-corrected chi connectivity index (χ3v) is 3.98. The van der Waals surface area contributed by atoms with Crippen LogP contribution in [-0.4, -0.2) is 22.9 Å². The predicted octanol–water partition coefficient (Wildman–Crippen LogP) is 4.23. The van der Waals surface area contributed by atoms with Crippen molar-refractivity contribution < 1.29 is 13.2 Å². The monoisotopic (exact) mass is 386 g/mol. The summed E-state index contributed by atoms with van der Waals surface area (Å²) in [6.07, 6.45) is -1.13. The molecule has 1 fully saturated rings. The molecular weight excluding hydrogens is 377 g/mol. The van der Waals surface area contributed by atoms with Gasteiger partial charge in [0.15, 0.2) is 0 Å². The van der Waals surface area contributed by atoms with Crippen LogP contribution in [0, 0.1) is 0 Å². The van der Waals surface area contributed by atoms with E-state index in [2.05, 4.69) is 36.8 Å².